The molecule has 1 heterocycles. The summed E-state index contributed by atoms with van der Waals surface area (Å²) in [5.41, 5.74) is 2.38. The highest BCUT2D eigenvalue weighted by atomic mass is 16.1. The topological polar surface area (TPSA) is 59.8 Å². The molecule has 0 radical (unpaired) electrons. The molecule has 0 atom stereocenters. The Morgan fingerprint density at radius 2 is 1.67 bits per heavy atom. The Labute approximate surface area is 122 Å². The van der Waals surface area contributed by atoms with Crippen LogP contribution in [0.4, 0.5) is 0 Å². The van der Waals surface area contributed by atoms with Gasteiger partial charge in [-0.3, -0.25) is 4.79 Å². The van der Waals surface area contributed by atoms with Crippen molar-refractivity contribution in [1.29, 1.82) is 0 Å². The van der Waals surface area contributed by atoms with Gasteiger partial charge in [0.1, 0.15) is 0 Å². The maximum absolute atomic E-state index is 12.0. The number of amides is 1. The first-order valence-electron chi connectivity index (χ1n) is 6.63. The number of rotatable bonds is 4. The number of carbonyl (C=O) groups is 1. The van der Waals surface area contributed by atoms with E-state index in [-0.39, 0.29) is 5.91 Å². The maximum atomic E-state index is 12.0. The number of benzene rings is 2. The number of aromatic nitrogens is 3. The highest BCUT2D eigenvalue weighted by molar-refractivity contribution is 5.94. The maximum Gasteiger partial charge on any atom is 0.251 e. The number of nitrogens with zero attached hydrogens (tertiary/aromatic N) is 3. The van der Waals surface area contributed by atoms with Crippen molar-refractivity contribution in [3.63, 3.8) is 0 Å². The first kappa shape index (κ1) is 13.1. The zero-order chi connectivity index (χ0) is 14.5. The van der Waals surface area contributed by atoms with Crippen LogP contribution in [0.5, 0.6) is 0 Å². The molecule has 21 heavy (non-hydrogen) atoms. The quantitative estimate of drug-likeness (QED) is 0.796. The van der Waals surface area contributed by atoms with Crippen molar-refractivity contribution < 1.29 is 4.79 Å². The van der Waals surface area contributed by atoms with Gasteiger partial charge in [-0.1, -0.05) is 41.6 Å². The van der Waals surface area contributed by atoms with Crippen LogP contribution in [0.15, 0.2) is 66.9 Å². The van der Waals surface area contributed by atoms with Gasteiger partial charge in [0.25, 0.3) is 5.91 Å². The summed E-state index contributed by atoms with van der Waals surface area (Å²) in [7, 11) is 0. The standard InChI is InChI=1S/C16H14N4O/c21-16(13-7-3-1-4-8-13)17-11-15-12-18-19-20(15)14-9-5-2-6-10-14/h1-10,12H,11H2,(H,17,21). The third-order valence-corrected chi connectivity index (χ3v) is 3.09. The van der Waals surface area contributed by atoms with Crippen LogP contribution < -0.4 is 5.32 Å². The average molecular weight is 278 g/mol. The number of carbonyl (C=O) groups excluding carboxylic acids is 1. The molecule has 1 N–H and O–H groups in total. The van der Waals surface area contributed by atoms with Crippen LogP contribution in [0.25, 0.3) is 5.69 Å². The summed E-state index contributed by atoms with van der Waals surface area (Å²) < 4.78 is 1.71. The van der Waals surface area contributed by atoms with Crippen LogP contribution in [0, 0.1) is 0 Å². The van der Waals surface area contributed by atoms with E-state index in [0.717, 1.165) is 11.4 Å². The Morgan fingerprint density at radius 1 is 1.00 bits per heavy atom. The fourth-order valence-electron chi connectivity index (χ4n) is 2.03. The molecule has 0 unspecified atom stereocenters. The van der Waals surface area contributed by atoms with Crippen molar-refractivity contribution in [2.45, 2.75) is 6.54 Å². The Hall–Kier alpha value is -2.95. The third-order valence-electron chi connectivity index (χ3n) is 3.09. The monoisotopic (exact) mass is 278 g/mol. The average Bonchev–Trinajstić information content (AvgIpc) is 3.03. The van der Waals surface area contributed by atoms with Gasteiger partial charge in [-0.25, -0.2) is 4.68 Å². The SMILES string of the molecule is O=C(NCc1cnnn1-c1ccccc1)c1ccccc1. The lowest BCUT2D eigenvalue weighted by Gasteiger charge is -2.07. The second-order valence-electron chi connectivity index (χ2n) is 4.52. The summed E-state index contributed by atoms with van der Waals surface area (Å²) in [4.78, 5) is 12.0. The van der Waals surface area contributed by atoms with Crippen molar-refractivity contribution in [1.82, 2.24) is 20.3 Å². The molecule has 0 spiro atoms. The molecule has 2 aromatic carbocycles. The van der Waals surface area contributed by atoms with Gasteiger partial charge < -0.3 is 5.32 Å². The van der Waals surface area contributed by atoms with E-state index < -0.39 is 0 Å². The van der Waals surface area contributed by atoms with Crippen molar-refractivity contribution in [3.8, 4) is 5.69 Å². The molecule has 5 nitrogen and oxygen atoms in total. The van der Waals surface area contributed by atoms with Crippen molar-refractivity contribution >= 4 is 5.91 Å². The van der Waals surface area contributed by atoms with E-state index in [2.05, 4.69) is 15.6 Å². The van der Waals surface area contributed by atoms with Gasteiger partial charge in [0.15, 0.2) is 0 Å². The highest BCUT2D eigenvalue weighted by Crippen LogP contribution is 2.08. The van der Waals surface area contributed by atoms with Crippen LogP contribution in [0.2, 0.25) is 0 Å². The van der Waals surface area contributed by atoms with Gasteiger partial charge in [0, 0.05) is 5.56 Å². The fraction of sp³-hybridized carbons (Fsp3) is 0.0625. The minimum Gasteiger partial charge on any atom is -0.346 e. The summed E-state index contributed by atoms with van der Waals surface area (Å²) in [6.07, 6.45) is 1.65. The molecule has 0 aliphatic rings. The lowest BCUT2D eigenvalue weighted by atomic mass is 10.2. The van der Waals surface area contributed by atoms with Crippen molar-refractivity contribution in [3.05, 3.63) is 78.1 Å². The molecule has 104 valence electrons. The second kappa shape index (κ2) is 6.00. The van der Waals surface area contributed by atoms with E-state index in [0.29, 0.717) is 12.1 Å². The Morgan fingerprint density at radius 3 is 2.38 bits per heavy atom. The Balaban J connectivity index is 1.73. The summed E-state index contributed by atoms with van der Waals surface area (Å²) >= 11 is 0. The molecular weight excluding hydrogens is 264 g/mol. The van der Waals surface area contributed by atoms with E-state index in [9.17, 15) is 4.79 Å². The smallest absolute Gasteiger partial charge is 0.251 e. The van der Waals surface area contributed by atoms with Gasteiger partial charge >= 0.3 is 0 Å². The van der Waals surface area contributed by atoms with Gasteiger partial charge in [0.05, 0.1) is 24.1 Å². The summed E-state index contributed by atoms with van der Waals surface area (Å²) in [5, 5.41) is 10.8. The first-order valence-corrected chi connectivity index (χ1v) is 6.63. The van der Waals surface area contributed by atoms with Crippen LogP contribution in [-0.2, 0) is 6.54 Å². The predicted molar refractivity (Wildman–Crippen MR) is 79.0 cm³/mol. The van der Waals surface area contributed by atoms with Crippen LogP contribution in [-0.4, -0.2) is 20.9 Å². The second-order valence-corrected chi connectivity index (χ2v) is 4.52. The summed E-state index contributed by atoms with van der Waals surface area (Å²) in [6, 6.07) is 18.8. The number of hydrogen-bond donors (Lipinski definition) is 1. The van der Waals surface area contributed by atoms with E-state index in [4.69, 9.17) is 0 Å². The first-order chi connectivity index (χ1) is 10.3. The molecule has 0 saturated heterocycles. The molecule has 0 bridgehead atoms. The molecule has 0 aliphatic carbocycles. The van der Waals surface area contributed by atoms with Gasteiger partial charge in [-0.15, -0.1) is 5.10 Å². The highest BCUT2D eigenvalue weighted by Gasteiger charge is 2.08. The summed E-state index contributed by atoms with van der Waals surface area (Å²) in [5.74, 6) is -0.114. The van der Waals surface area contributed by atoms with E-state index in [1.807, 2.05) is 48.5 Å². The van der Waals surface area contributed by atoms with Gasteiger partial charge in [-0.2, -0.15) is 0 Å². The Bertz CT molecular complexity index is 722. The minimum atomic E-state index is -0.114. The largest absolute Gasteiger partial charge is 0.346 e. The van der Waals surface area contributed by atoms with Crippen molar-refractivity contribution in [2.75, 3.05) is 0 Å². The van der Waals surface area contributed by atoms with E-state index in [1.54, 1.807) is 23.0 Å². The Kier molecular flexibility index (Phi) is 3.73. The molecule has 0 saturated carbocycles. The van der Waals surface area contributed by atoms with E-state index in [1.165, 1.54) is 0 Å². The zero-order valence-corrected chi connectivity index (χ0v) is 11.3. The molecular formula is C16H14N4O. The summed E-state index contributed by atoms with van der Waals surface area (Å²) in [6.45, 7) is 0.371. The molecule has 1 aromatic heterocycles. The molecule has 3 aromatic rings. The van der Waals surface area contributed by atoms with Gasteiger partial charge in [-0.05, 0) is 24.3 Å². The van der Waals surface area contributed by atoms with E-state index >= 15 is 0 Å². The van der Waals surface area contributed by atoms with Crippen LogP contribution >= 0.6 is 0 Å². The fourth-order valence-corrected chi connectivity index (χ4v) is 2.03. The zero-order valence-electron chi connectivity index (χ0n) is 11.3. The lowest BCUT2D eigenvalue weighted by Crippen LogP contribution is -2.24. The molecule has 5 heteroatoms. The normalized spacial score (nSPS) is 10.3. The van der Waals surface area contributed by atoms with Crippen LogP contribution in [0.3, 0.4) is 0 Å². The minimum absolute atomic E-state index is 0.114. The van der Waals surface area contributed by atoms with Crippen molar-refractivity contribution in [2.24, 2.45) is 0 Å². The predicted octanol–water partition coefficient (Wildman–Crippen LogP) is 2.20. The molecule has 3 rings (SSSR count). The number of para-hydroxylation sites is 1. The number of hydrogen-bond acceptors (Lipinski definition) is 3. The third kappa shape index (κ3) is 2.97. The van der Waals surface area contributed by atoms with Gasteiger partial charge in [0.2, 0.25) is 0 Å². The molecule has 0 fully saturated rings. The van der Waals surface area contributed by atoms with Crippen LogP contribution in [0.1, 0.15) is 16.1 Å². The molecule has 0 aliphatic heterocycles. The molecule has 1 amide bonds. The lowest BCUT2D eigenvalue weighted by molar-refractivity contribution is 0.0950. The number of nitrogens with one attached hydrogen (secondary N) is 1.